The van der Waals surface area contributed by atoms with Gasteiger partial charge in [-0.3, -0.25) is 0 Å². The zero-order valence-corrected chi connectivity index (χ0v) is 10.5. The van der Waals surface area contributed by atoms with Crippen LogP contribution in [0.4, 0.5) is 0 Å². The average molecular weight is 214 g/mol. The molecule has 0 aromatic carbocycles. The summed E-state index contributed by atoms with van der Waals surface area (Å²) in [6.07, 6.45) is 2.58. The van der Waals surface area contributed by atoms with Crippen molar-refractivity contribution in [2.45, 2.75) is 32.7 Å². The monoisotopic (exact) mass is 214 g/mol. The third-order valence-corrected chi connectivity index (χ3v) is 3.01. The lowest BCUT2D eigenvalue weighted by Crippen LogP contribution is -2.44. The molecule has 1 heterocycles. The minimum atomic E-state index is 0.742. The van der Waals surface area contributed by atoms with Crippen LogP contribution in [0.25, 0.3) is 0 Å². The zero-order valence-electron chi connectivity index (χ0n) is 10.5. The van der Waals surface area contributed by atoms with Crippen LogP contribution in [-0.2, 0) is 4.74 Å². The Bertz CT molecular complexity index is 154. The summed E-state index contributed by atoms with van der Waals surface area (Å²) in [6, 6.07) is 0.742. The van der Waals surface area contributed by atoms with Gasteiger partial charge >= 0.3 is 0 Å². The highest BCUT2D eigenvalue weighted by molar-refractivity contribution is 4.77. The summed E-state index contributed by atoms with van der Waals surface area (Å²) in [5, 5.41) is 3.64. The van der Waals surface area contributed by atoms with Crippen molar-refractivity contribution in [3.63, 3.8) is 0 Å². The maximum absolute atomic E-state index is 5.09. The molecule has 1 N–H and O–H groups in total. The molecular formula is C12H26N2O. The minimum absolute atomic E-state index is 0.742. The van der Waals surface area contributed by atoms with Crippen LogP contribution in [0.5, 0.6) is 0 Å². The number of hydrogen-bond donors (Lipinski definition) is 1. The molecule has 0 aromatic rings. The standard InChI is InChI=1S/C12H26N2O/c1-11(2)10-13-12-4-6-14(7-5-12)8-9-15-3/h11-13H,4-10H2,1-3H3. The normalized spacial score (nSPS) is 20.0. The quantitative estimate of drug-likeness (QED) is 0.722. The van der Waals surface area contributed by atoms with Crippen molar-refractivity contribution in [2.24, 2.45) is 5.92 Å². The van der Waals surface area contributed by atoms with E-state index in [0.29, 0.717) is 0 Å². The van der Waals surface area contributed by atoms with E-state index in [4.69, 9.17) is 4.74 Å². The van der Waals surface area contributed by atoms with E-state index in [2.05, 4.69) is 24.1 Å². The van der Waals surface area contributed by atoms with Crippen molar-refractivity contribution in [1.29, 1.82) is 0 Å². The van der Waals surface area contributed by atoms with Gasteiger partial charge in [0.05, 0.1) is 6.61 Å². The number of piperidine rings is 1. The van der Waals surface area contributed by atoms with Gasteiger partial charge in [-0.15, -0.1) is 0 Å². The van der Waals surface area contributed by atoms with Gasteiger partial charge in [-0.2, -0.15) is 0 Å². The summed E-state index contributed by atoms with van der Waals surface area (Å²) < 4.78 is 5.09. The number of methoxy groups -OCH3 is 1. The Morgan fingerprint density at radius 3 is 2.53 bits per heavy atom. The number of hydrogen-bond acceptors (Lipinski definition) is 3. The number of ether oxygens (including phenoxy) is 1. The van der Waals surface area contributed by atoms with Crippen molar-refractivity contribution >= 4 is 0 Å². The average Bonchev–Trinajstić information content (AvgIpc) is 2.25. The van der Waals surface area contributed by atoms with Crippen molar-refractivity contribution in [1.82, 2.24) is 10.2 Å². The Kier molecular flexibility index (Phi) is 6.22. The largest absolute Gasteiger partial charge is 0.383 e. The highest BCUT2D eigenvalue weighted by Gasteiger charge is 2.18. The second-order valence-corrected chi connectivity index (χ2v) is 4.91. The molecule has 3 heteroatoms. The third kappa shape index (κ3) is 5.50. The second kappa shape index (κ2) is 7.20. The van der Waals surface area contributed by atoms with Crippen LogP contribution in [0.2, 0.25) is 0 Å². The molecule has 0 aromatic heterocycles. The Morgan fingerprint density at radius 2 is 2.00 bits per heavy atom. The van der Waals surface area contributed by atoms with Crippen molar-refractivity contribution in [3.8, 4) is 0 Å². The number of likely N-dealkylation sites (tertiary alicyclic amines) is 1. The maximum Gasteiger partial charge on any atom is 0.0589 e. The molecule has 1 aliphatic heterocycles. The highest BCUT2D eigenvalue weighted by atomic mass is 16.5. The molecule has 0 spiro atoms. The van der Waals surface area contributed by atoms with E-state index in [1.807, 2.05) is 0 Å². The molecule has 1 saturated heterocycles. The fourth-order valence-electron chi connectivity index (χ4n) is 1.98. The molecule has 0 bridgehead atoms. The number of rotatable bonds is 6. The molecule has 0 saturated carbocycles. The molecular weight excluding hydrogens is 188 g/mol. The van der Waals surface area contributed by atoms with E-state index in [1.165, 1.54) is 25.9 Å². The topological polar surface area (TPSA) is 24.5 Å². The molecule has 90 valence electrons. The van der Waals surface area contributed by atoms with Crippen LogP contribution in [0, 0.1) is 5.92 Å². The Hall–Kier alpha value is -0.120. The van der Waals surface area contributed by atoms with Crippen LogP contribution >= 0.6 is 0 Å². The summed E-state index contributed by atoms with van der Waals surface area (Å²) in [5.74, 6) is 0.761. The first-order valence-electron chi connectivity index (χ1n) is 6.17. The first-order chi connectivity index (χ1) is 7.22. The van der Waals surface area contributed by atoms with E-state index < -0.39 is 0 Å². The Balaban J connectivity index is 2.07. The second-order valence-electron chi connectivity index (χ2n) is 4.91. The van der Waals surface area contributed by atoms with Crippen molar-refractivity contribution in [3.05, 3.63) is 0 Å². The van der Waals surface area contributed by atoms with Crippen molar-refractivity contribution < 1.29 is 4.74 Å². The number of nitrogens with one attached hydrogen (secondary N) is 1. The Labute approximate surface area is 94.2 Å². The molecule has 0 aliphatic carbocycles. The third-order valence-electron chi connectivity index (χ3n) is 3.01. The van der Waals surface area contributed by atoms with Gasteiger partial charge in [0.15, 0.2) is 0 Å². The first kappa shape index (κ1) is 12.9. The molecule has 1 rings (SSSR count). The van der Waals surface area contributed by atoms with E-state index in [0.717, 1.165) is 31.7 Å². The van der Waals surface area contributed by atoms with E-state index in [9.17, 15) is 0 Å². The van der Waals surface area contributed by atoms with Gasteiger partial charge in [0.2, 0.25) is 0 Å². The molecule has 0 atom stereocenters. The van der Waals surface area contributed by atoms with Crippen molar-refractivity contribution in [2.75, 3.05) is 39.9 Å². The van der Waals surface area contributed by atoms with Gasteiger partial charge in [0.25, 0.3) is 0 Å². The summed E-state index contributed by atoms with van der Waals surface area (Å²) >= 11 is 0. The smallest absolute Gasteiger partial charge is 0.0589 e. The maximum atomic E-state index is 5.09. The van der Waals surface area contributed by atoms with E-state index in [1.54, 1.807) is 7.11 Å². The lowest BCUT2D eigenvalue weighted by atomic mass is 10.0. The van der Waals surface area contributed by atoms with Gasteiger partial charge in [-0.1, -0.05) is 13.8 Å². The van der Waals surface area contributed by atoms with Crippen LogP contribution in [-0.4, -0.2) is 50.8 Å². The van der Waals surface area contributed by atoms with Gasteiger partial charge < -0.3 is 15.0 Å². The fourth-order valence-corrected chi connectivity index (χ4v) is 1.98. The van der Waals surface area contributed by atoms with Crippen LogP contribution in [0.15, 0.2) is 0 Å². The molecule has 15 heavy (non-hydrogen) atoms. The van der Waals surface area contributed by atoms with Crippen LogP contribution in [0.1, 0.15) is 26.7 Å². The highest BCUT2D eigenvalue weighted by Crippen LogP contribution is 2.10. The van der Waals surface area contributed by atoms with E-state index >= 15 is 0 Å². The molecule has 1 fully saturated rings. The SMILES string of the molecule is COCCN1CCC(NCC(C)C)CC1. The molecule has 3 nitrogen and oxygen atoms in total. The molecule has 0 radical (unpaired) electrons. The minimum Gasteiger partial charge on any atom is -0.383 e. The lowest BCUT2D eigenvalue weighted by Gasteiger charge is -2.32. The summed E-state index contributed by atoms with van der Waals surface area (Å²) in [4.78, 5) is 2.50. The molecule has 0 unspecified atom stereocenters. The molecule has 0 amide bonds. The first-order valence-corrected chi connectivity index (χ1v) is 6.17. The van der Waals surface area contributed by atoms with E-state index in [-0.39, 0.29) is 0 Å². The Morgan fingerprint density at radius 1 is 1.33 bits per heavy atom. The predicted octanol–water partition coefficient (Wildman–Crippen LogP) is 1.34. The van der Waals surface area contributed by atoms with Gasteiger partial charge in [0.1, 0.15) is 0 Å². The fraction of sp³-hybridized carbons (Fsp3) is 1.00. The van der Waals surface area contributed by atoms with Gasteiger partial charge in [0, 0.05) is 19.7 Å². The summed E-state index contributed by atoms with van der Waals surface area (Å²) in [6.45, 7) is 10.1. The van der Waals surface area contributed by atoms with Gasteiger partial charge in [-0.25, -0.2) is 0 Å². The van der Waals surface area contributed by atoms with Gasteiger partial charge in [-0.05, 0) is 38.4 Å². The van der Waals surface area contributed by atoms with Crippen LogP contribution in [0.3, 0.4) is 0 Å². The molecule has 1 aliphatic rings. The summed E-state index contributed by atoms with van der Waals surface area (Å²) in [7, 11) is 1.77. The zero-order chi connectivity index (χ0) is 11.1. The van der Waals surface area contributed by atoms with Crippen LogP contribution < -0.4 is 5.32 Å². The lowest BCUT2D eigenvalue weighted by molar-refractivity contribution is 0.125. The number of nitrogens with zero attached hydrogens (tertiary/aromatic N) is 1. The predicted molar refractivity (Wildman–Crippen MR) is 64.2 cm³/mol. The summed E-state index contributed by atoms with van der Waals surface area (Å²) in [5.41, 5.74) is 0.